The normalized spacial score (nSPS) is 48.0. The molecule has 1 heterocycles. The number of unbranched alkanes of at least 4 members (excludes halogenated alkanes) is 1. The van der Waals surface area contributed by atoms with Gasteiger partial charge in [-0.15, -0.1) is 0 Å². The van der Waals surface area contributed by atoms with Gasteiger partial charge in [-0.25, -0.2) is 0 Å². The minimum atomic E-state index is -1.17. The lowest BCUT2D eigenvalue weighted by Gasteiger charge is -2.52. The second-order valence-corrected chi connectivity index (χ2v) is 7.69. The second kappa shape index (κ2) is 4.35. The molecule has 2 bridgehead atoms. The van der Waals surface area contributed by atoms with Crippen LogP contribution in [0.3, 0.4) is 0 Å². The van der Waals surface area contributed by atoms with E-state index in [1.54, 1.807) is 0 Å². The average molecular weight is 264 g/mol. The van der Waals surface area contributed by atoms with Gasteiger partial charge in [0, 0.05) is 8.16 Å². The van der Waals surface area contributed by atoms with Gasteiger partial charge in [0.05, 0.1) is 11.2 Å². The Bertz CT molecular complexity index is 468. The third-order valence-corrected chi connectivity index (χ3v) is 6.06. The molecule has 0 unspecified atom stereocenters. The molecule has 0 amide bonds. The summed E-state index contributed by atoms with van der Waals surface area (Å²) in [6.07, 6.45) is 8.02. The van der Waals surface area contributed by atoms with Crippen LogP contribution in [0.1, 0.15) is 81.8 Å². The quantitative estimate of drug-likeness (QED) is 0.632. The molecule has 108 valence electrons. The van der Waals surface area contributed by atoms with Gasteiger partial charge in [-0.2, -0.15) is 0 Å². The summed E-state index contributed by atoms with van der Waals surface area (Å²) in [6, 6.07) is 0. The van der Waals surface area contributed by atoms with Crippen LogP contribution < -0.4 is 0 Å². The van der Waals surface area contributed by atoms with Crippen LogP contribution in [0.5, 0.6) is 0 Å². The van der Waals surface area contributed by atoms with Gasteiger partial charge in [0.15, 0.2) is 0 Å². The lowest BCUT2D eigenvalue weighted by atomic mass is 9.55. The molecule has 3 rings (SSSR count). The van der Waals surface area contributed by atoms with E-state index in [1.165, 1.54) is 12.0 Å². The van der Waals surface area contributed by atoms with Crippen molar-refractivity contribution < 1.29 is 7.48 Å². The fraction of sp³-hybridized carbons (Fsp3) is 0.889. The van der Waals surface area contributed by atoms with Gasteiger partial charge in [-0.1, -0.05) is 26.3 Å². The highest BCUT2D eigenvalue weighted by molar-refractivity contribution is 5.31. The maximum atomic E-state index is 8.35. The summed E-state index contributed by atoms with van der Waals surface area (Å²) in [7, 11) is 0. The molecule has 1 spiro atoms. The van der Waals surface area contributed by atoms with Crippen LogP contribution in [-0.4, -0.2) is 11.2 Å². The zero-order chi connectivity index (χ0) is 15.5. The van der Waals surface area contributed by atoms with E-state index in [-0.39, 0.29) is 16.6 Å². The summed E-state index contributed by atoms with van der Waals surface area (Å²) in [5, 5.41) is 0. The van der Waals surface area contributed by atoms with E-state index < -0.39 is 6.37 Å². The Morgan fingerprint density at radius 2 is 2.16 bits per heavy atom. The highest BCUT2D eigenvalue weighted by atomic mass is 16.5. The summed E-state index contributed by atoms with van der Waals surface area (Å²) in [6.45, 7) is 8.96. The van der Waals surface area contributed by atoms with Crippen LogP contribution in [0.2, 0.25) is 0 Å². The fourth-order valence-electron chi connectivity index (χ4n) is 4.65. The Morgan fingerprint density at radius 3 is 2.89 bits per heavy atom. The summed E-state index contributed by atoms with van der Waals surface area (Å²) in [4.78, 5) is 0. The maximum Gasteiger partial charge on any atom is 0.0955 e. The molecule has 19 heavy (non-hydrogen) atoms. The summed E-state index contributed by atoms with van der Waals surface area (Å²) >= 11 is 0. The molecule has 1 nitrogen and oxygen atoms in total. The molecule has 2 fully saturated rings. The van der Waals surface area contributed by atoms with Gasteiger partial charge >= 0.3 is 0 Å². The molecule has 3 atom stereocenters. The number of fused-ring (bicyclic) bond motifs is 1. The minimum Gasteiger partial charge on any atom is -0.364 e. The standard InChI is InChI=1S/C18H30O/c1-5-6-8-14-9-7-11-17(4)12-10-15-13-18(14,17)19-16(15,2)3/h9,15H,5-8,10-13H2,1-4H3/t15-,17+,18+/m1/s1/i7D2. The number of hydrogen-bond donors (Lipinski definition) is 0. The van der Waals surface area contributed by atoms with Crippen LogP contribution in [0.25, 0.3) is 0 Å². The average Bonchev–Trinajstić information content (AvgIpc) is 2.58. The Hall–Kier alpha value is -0.300. The Kier molecular flexibility index (Phi) is 2.60. The van der Waals surface area contributed by atoms with E-state index in [1.807, 2.05) is 6.08 Å². The lowest BCUT2D eigenvalue weighted by molar-refractivity contribution is -0.132. The van der Waals surface area contributed by atoms with E-state index in [0.29, 0.717) is 12.3 Å². The lowest BCUT2D eigenvalue weighted by Crippen LogP contribution is -2.51. The van der Waals surface area contributed by atoms with Gasteiger partial charge < -0.3 is 4.74 Å². The number of ether oxygens (including phenoxy) is 1. The van der Waals surface area contributed by atoms with Crippen LogP contribution in [0, 0.1) is 11.3 Å². The van der Waals surface area contributed by atoms with E-state index >= 15 is 0 Å². The van der Waals surface area contributed by atoms with E-state index in [2.05, 4.69) is 27.7 Å². The topological polar surface area (TPSA) is 9.23 Å². The third kappa shape index (κ3) is 1.84. The first-order valence-corrected chi connectivity index (χ1v) is 8.07. The van der Waals surface area contributed by atoms with Crippen molar-refractivity contribution in [2.45, 2.75) is 90.2 Å². The highest BCUT2D eigenvalue weighted by Crippen LogP contribution is 2.65. The van der Waals surface area contributed by atoms with E-state index in [4.69, 9.17) is 7.48 Å². The predicted octanol–water partition coefficient (Wildman–Crippen LogP) is 5.25. The number of rotatable bonds is 3. The number of allylic oxidation sites excluding steroid dienone is 1. The molecule has 0 radical (unpaired) electrons. The van der Waals surface area contributed by atoms with Crippen molar-refractivity contribution in [3.05, 3.63) is 11.6 Å². The number of hydrogen-bond acceptors (Lipinski definition) is 1. The molecule has 1 aliphatic heterocycles. The molecule has 2 aliphatic carbocycles. The van der Waals surface area contributed by atoms with Gasteiger partial charge in [-0.05, 0) is 70.2 Å². The summed E-state index contributed by atoms with van der Waals surface area (Å²) in [5.74, 6) is 0.625. The van der Waals surface area contributed by atoms with Crippen LogP contribution in [-0.2, 0) is 4.74 Å². The fourth-order valence-corrected chi connectivity index (χ4v) is 4.65. The van der Waals surface area contributed by atoms with Crippen LogP contribution >= 0.6 is 0 Å². The van der Waals surface area contributed by atoms with Crippen molar-refractivity contribution in [2.75, 3.05) is 0 Å². The van der Waals surface area contributed by atoms with Crippen molar-refractivity contribution in [3.63, 3.8) is 0 Å². The molecule has 1 heteroatoms. The largest absolute Gasteiger partial charge is 0.364 e. The van der Waals surface area contributed by atoms with Crippen molar-refractivity contribution in [1.29, 1.82) is 0 Å². The minimum absolute atomic E-state index is 0.0431. The van der Waals surface area contributed by atoms with Crippen LogP contribution in [0.15, 0.2) is 11.6 Å². The molecule has 3 aliphatic rings. The summed E-state index contributed by atoms with van der Waals surface area (Å²) in [5.41, 5.74) is 0.963. The van der Waals surface area contributed by atoms with Crippen LogP contribution in [0.4, 0.5) is 0 Å². The Morgan fingerprint density at radius 1 is 1.37 bits per heavy atom. The first kappa shape index (κ1) is 11.4. The van der Waals surface area contributed by atoms with Crippen molar-refractivity contribution >= 4 is 0 Å². The first-order valence-electron chi connectivity index (χ1n) is 9.07. The zero-order valence-electron chi connectivity index (χ0n) is 15.0. The molecule has 1 saturated heterocycles. The molecule has 1 saturated carbocycles. The molecule has 0 aromatic rings. The third-order valence-electron chi connectivity index (χ3n) is 6.06. The first-order chi connectivity index (χ1) is 9.64. The van der Waals surface area contributed by atoms with E-state index in [0.717, 1.165) is 32.1 Å². The van der Waals surface area contributed by atoms with Gasteiger partial charge in [-0.3, -0.25) is 0 Å². The van der Waals surface area contributed by atoms with E-state index in [9.17, 15) is 0 Å². The summed E-state index contributed by atoms with van der Waals surface area (Å²) < 4.78 is 23.4. The maximum absolute atomic E-state index is 8.35. The smallest absolute Gasteiger partial charge is 0.0955 e. The predicted molar refractivity (Wildman–Crippen MR) is 80.2 cm³/mol. The molecular weight excluding hydrogens is 232 g/mol. The Balaban J connectivity index is 2.07. The van der Waals surface area contributed by atoms with Crippen molar-refractivity contribution in [1.82, 2.24) is 0 Å². The van der Waals surface area contributed by atoms with Gasteiger partial charge in [0.1, 0.15) is 0 Å². The molecule has 0 aromatic carbocycles. The van der Waals surface area contributed by atoms with Crippen molar-refractivity contribution in [2.24, 2.45) is 11.3 Å². The van der Waals surface area contributed by atoms with Gasteiger partial charge in [0.25, 0.3) is 0 Å². The molecule has 0 N–H and O–H groups in total. The van der Waals surface area contributed by atoms with Gasteiger partial charge in [0.2, 0.25) is 0 Å². The van der Waals surface area contributed by atoms with Crippen molar-refractivity contribution in [3.8, 4) is 0 Å². The zero-order valence-corrected chi connectivity index (χ0v) is 13.0. The molecule has 0 aromatic heterocycles. The SMILES string of the molecule is [2H]C1([2H])C=C(CCCC)[C@@]23C[C@@H](CC[C@]2(C)C1)C(C)(C)O3. The monoisotopic (exact) mass is 264 g/mol. The Labute approximate surface area is 121 Å². The second-order valence-electron chi connectivity index (χ2n) is 7.69. The highest BCUT2D eigenvalue weighted by Gasteiger charge is 2.64. The molecular formula is C18H30O.